The molecule has 1 N–H and O–H groups in total. The van der Waals surface area contributed by atoms with Crippen LogP contribution in [0.15, 0.2) is 35.4 Å². The Kier molecular flexibility index (Phi) is 7.17. The minimum Gasteiger partial charge on any atom is -0.366 e. The lowest BCUT2D eigenvalue weighted by Gasteiger charge is -2.36. The van der Waals surface area contributed by atoms with Gasteiger partial charge in [0.05, 0.1) is 22.3 Å². The molecule has 1 aliphatic heterocycles. The number of thiophene rings is 1. The van der Waals surface area contributed by atoms with Gasteiger partial charge in [0.2, 0.25) is 11.8 Å². The molecule has 0 spiro atoms. The van der Waals surface area contributed by atoms with Gasteiger partial charge in [-0.25, -0.2) is 18.2 Å². The zero-order valence-corrected chi connectivity index (χ0v) is 21.7. The van der Waals surface area contributed by atoms with Gasteiger partial charge in [-0.1, -0.05) is 12.1 Å². The lowest BCUT2D eigenvalue weighted by molar-refractivity contribution is -0.123. The van der Waals surface area contributed by atoms with Gasteiger partial charge in [0.1, 0.15) is 17.2 Å². The molecule has 0 atom stereocenters. The third-order valence-corrected chi connectivity index (χ3v) is 8.46. The van der Waals surface area contributed by atoms with Gasteiger partial charge >= 0.3 is 0 Å². The molecule has 8 nitrogen and oxygen atoms in total. The summed E-state index contributed by atoms with van der Waals surface area (Å²) in [5.41, 5.74) is 0.582. The summed E-state index contributed by atoms with van der Waals surface area (Å²) in [5, 5.41) is 3.02. The van der Waals surface area contributed by atoms with Crippen molar-refractivity contribution in [2.45, 2.75) is 51.1 Å². The minimum atomic E-state index is -2.69. The zero-order chi connectivity index (χ0) is 27.0. The van der Waals surface area contributed by atoms with Gasteiger partial charge in [0.15, 0.2) is 0 Å². The van der Waals surface area contributed by atoms with Gasteiger partial charge in [-0.2, -0.15) is 0 Å². The summed E-state index contributed by atoms with van der Waals surface area (Å²) in [4.78, 5) is 47.8. The highest BCUT2D eigenvalue weighted by Crippen LogP contribution is 2.33. The van der Waals surface area contributed by atoms with Crippen LogP contribution in [0.4, 0.5) is 18.9 Å². The van der Waals surface area contributed by atoms with E-state index < -0.39 is 17.4 Å². The summed E-state index contributed by atoms with van der Waals surface area (Å²) in [7, 11) is 0. The fraction of sp³-hybridized carbons (Fsp3) is 0.462. The van der Waals surface area contributed by atoms with E-state index in [1.54, 1.807) is 30.0 Å². The molecule has 12 heteroatoms. The number of nitrogens with one attached hydrogen (secondary N) is 1. The number of nitrogens with zero attached hydrogens (tertiary/aromatic N) is 4. The van der Waals surface area contributed by atoms with Crippen LogP contribution in [0, 0.1) is 12.7 Å². The summed E-state index contributed by atoms with van der Waals surface area (Å²) in [6.45, 7) is 3.19. The van der Waals surface area contributed by atoms with Crippen molar-refractivity contribution < 1.29 is 22.8 Å². The Morgan fingerprint density at radius 3 is 2.50 bits per heavy atom. The monoisotopic (exact) mass is 547 g/mol. The number of carbonyl (C=O) groups is 2. The molecular weight excluding hydrogens is 519 g/mol. The van der Waals surface area contributed by atoms with Gasteiger partial charge in [0, 0.05) is 45.1 Å². The minimum absolute atomic E-state index is 0.189. The first kappa shape index (κ1) is 26.2. The third-order valence-electron chi connectivity index (χ3n) is 7.27. The number of aromatic nitrogens is 2. The number of fused-ring (bicyclic) bond motifs is 1. The maximum atomic E-state index is 14.1. The van der Waals surface area contributed by atoms with Crippen molar-refractivity contribution in [3.63, 3.8) is 0 Å². The average Bonchev–Trinajstić information content (AvgIpc) is 3.24. The van der Waals surface area contributed by atoms with Gasteiger partial charge in [-0.15, -0.1) is 11.3 Å². The van der Waals surface area contributed by atoms with Crippen molar-refractivity contribution >= 4 is 39.1 Å². The largest absolute Gasteiger partial charge is 0.366 e. The van der Waals surface area contributed by atoms with Gasteiger partial charge < -0.3 is 15.1 Å². The first-order valence-corrected chi connectivity index (χ1v) is 13.4. The summed E-state index contributed by atoms with van der Waals surface area (Å²) in [6.07, 6.45) is 1.11. The molecule has 2 aliphatic rings. The van der Waals surface area contributed by atoms with Crippen LogP contribution in [-0.4, -0.2) is 64.4 Å². The molecule has 3 heterocycles. The van der Waals surface area contributed by atoms with Crippen molar-refractivity contribution in [3.05, 3.63) is 57.2 Å². The molecule has 1 saturated carbocycles. The fourth-order valence-electron chi connectivity index (χ4n) is 5.09. The Balaban J connectivity index is 1.27. The van der Waals surface area contributed by atoms with Gasteiger partial charge in [-0.3, -0.25) is 19.0 Å². The van der Waals surface area contributed by atoms with E-state index in [9.17, 15) is 27.6 Å². The van der Waals surface area contributed by atoms with E-state index in [0.717, 1.165) is 11.3 Å². The number of piperazine rings is 1. The second-order valence-corrected chi connectivity index (χ2v) is 10.8. The SMILES string of the molecule is Cc1c(C(=O)N2CCN(c3ccccc3F)CC2)sc2ncn(CC(=O)NC3CCC(F)(F)CC3)c(=O)c12. The number of halogens is 3. The van der Waals surface area contributed by atoms with Crippen LogP contribution < -0.4 is 15.8 Å². The van der Waals surface area contributed by atoms with Gasteiger partial charge in [0.25, 0.3) is 11.5 Å². The second-order valence-electron chi connectivity index (χ2n) is 9.84. The Hall–Kier alpha value is -3.41. The molecule has 0 unspecified atom stereocenters. The molecule has 1 saturated heterocycles. The highest BCUT2D eigenvalue weighted by atomic mass is 32.1. The van der Waals surface area contributed by atoms with Crippen molar-refractivity contribution in [3.8, 4) is 0 Å². The number of carbonyl (C=O) groups excluding carboxylic acids is 2. The lowest BCUT2D eigenvalue weighted by atomic mass is 9.92. The van der Waals surface area contributed by atoms with E-state index >= 15 is 0 Å². The van der Waals surface area contributed by atoms with Crippen LogP contribution in [0.5, 0.6) is 0 Å². The van der Waals surface area contributed by atoms with Crippen LogP contribution in [-0.2, 0) is 11.3 Å². The van der Waals surface area contributed by atoms with Crippen molar-refractivity contribution in [2.24, 2.45) is 0 Å². The maximum absolute atomic E-state index is 14.1. The predicted octanol–water partition coefficient (Wildman–Crippen LogP) is 3.56. The quantitative estimate of drug-likeness (QED) is 0.528. The Morgan fingerprint density at radius 2 is 1.82 bits per heavy atom. The number of para-hydroxylation sites is 1. The smallest absolute Gasteiger partial charge is 0.264 e. The normalized spacial score (nSPS) is 18.1. The van der Waals surface area contributed by atoms with E-state index in [1.807, 2.05) is 4.90 Å². The Morgan fingerprint density at radius 1 is 1.13 bits per heavy atom. The molecule has 38 heavy (non-hydrogen) atoms. The van der Waals surface area contributed by atoms with Crippen molar-refractivity contribution in [1.29, 1.82) is 0 Å². The number of benzene rings is 1. The van der Waals surface area contributed by atoms with Crippen LogP contribution >= 0.6 is 11.3 Å². The molecule has 1 aromatic carbocycles. The Bertz CT molecular complexity index is 1420. The zero-order valence-electron chi connectivity index (χ0n) is 20.9. The van der Waals surface area contributed by atoms with E-state index in [1.165, 1.54) is 17.0 Å². The molecule has 2 amide bonds. The van der Waals surface area contributed by atoms with Crippen LogP contribution in [0.3, 0.4) is 0 Å². The Labute approximate surface area is 221 Å². The number of amides is 2. The highest BCUT2D eigenvalue weighted by molar-refractivity contribution is 7.20. The summed E-state index contributed by atoms with van der Waals surface area (Å²) >= 11 is 1.13. The maximum Gasteiger partial charge on any atom is 0.264 e. The number of aryl methyl sites for hydroxylation is 1. The summed E-state index contributed by atoms with van der Waals surface area (Å²) < 4.78 is 42.1. The van der Waals surface area contributed by atoms with Gasteiger partial charge in [-0.05, 0) is 37.5 Å². The third kappa shape index (κ3) is 5.27. The molecule has 2 fully saturated rings. The van der Waals surface area contributed by atoms with E-state index in [-0.39, 0.29) is 55.4 Å². The number of hydrogen-bond acceptors (Lipinski definition) is 6. The molecule has 0 radical (unpaired) electrons. The van der Waals surface area contributed by atoms with Crippen LogP contribution in [0.2, 0.25) is 0 Å². The van der Waals surface area contributed by atoms with E-state index in [2.05, 4.69) is 10.3 Å². The summed E-state index contributed by atoms with van der Waals surface area (Å²) in [5.74, 6) is -3.65. The molecule has 1 aliphatic carbocycles. The number of hydrogen-bond donors (Lipinski definition) is 1. The average molecular weight is 548 g/mol. The standard InChI is InChI=1S/C26H28F3N5O3S/c1-16-21-23(30-15-34(24(21)36)14-20(35)31-17-6-8-26(28,29)9-7-17)38-22(16)25(37)33-12-10-32(11-13-33)19-5-3-2-4-18(19)27/h2-5,15,17H,6-14H2,1H3,(H,31,35). The fourth-order valence-corrected chi connectivity index (χ4v) is 6.20. The second kappa shape index (κ2) is 10.4. The highest BCUT2D eigenvalue weighted by Gasteiger charge is 2.35. The van der Waals surface area contributed by atoms with Crippen molar-refractivity contribution in [2.75, 3.05) is 31.1 Å². The van der Waals surface area contributed by atoms with E-state index in [4.69, 9.17) is 0 Å². The van der Waals surface area contributed by atoms with Crippen molar-refractivity contribution in [1.82, 2.24) is 19.8 Å². The van der Waals surface area contributed by atoms with Crippen LogP contribution in [0.25, 0.3) is 10.2 Å². The first-order valence-electron chi connectivity index (χ1n) is 12.6. The molecule has 2 aromatic heterocycles. The van der Waals surface area contributed by atoms with E-state index in [0.29, 0.717) is 47.1 Å². The lowest BCUT2D eigenvalue weighted by Crippen LogP contribution is -2.49. The number of anilines is 1. The number of alkyl halides is 2. The first-order chi connectivity index (χ1) is 18.1. The topological polar surface area (TPSA) is 87.5 Å². The molecule has 3 aromatic rings. The molecule has 202 valence electrons. The molecule has 5 rings (SSSR count). The molecular formula is C26H28F3N5O3S. The number of rotatable bonds is 5. The predicted molar refractivity (Wildman–Crippen MR) is 138 cm³/mol. The summed E-state index contributed by atoms with van der Waals surface area (Å²) in [6, 6.07) is 6.19. The molecule has 0 bridgehead atoms. The van der Waals surface area contributed by atoms with Crippen LogP contribution in [0.1, 0.15) is 40.9 Å².